The summed E-state index contributed by atoms with van der Waals surface area (Å²) in [7, 11) is 0. The molecule has 1 aliphatic heterocycles. The van der Waals surface area contributed by atoms with Crippen molar-refractivity contribution in [2.45, 2.75) is 66.0 Å². The molecule has 2 atom stereocenters. The third kappa shape index (κ3) is 3.80. The van der Waals surface area contributed by atoms with E-state index in [-0.39, 0.29) is 29.4 Å². The largest absolute Gasteiger partial charge is 0.350 e. The SMILES string of the molecule is CCC(C)NC(=O)c1ccc(NC(=O)N2CC3(CC=CC3)C2C(C)C)c(C)c1. The van der Waals surface area contributed by atoms with Gasteiger partial charge in [-0.05, 0) is 62.8 Å². The molecule has 5 nitrogen and oxygen atoms in total. The lowest BCUT2D eigenvalue weighted by Gasteiger charge is -2.58. The van der Waals surface area contributed by atoms with E-state index in [1.165, 1.54) is 0 Å². The molecule has 1 spiro atoms. The van der Waals surface area contributed by atoms with E-state index in [9.17, 15) is 9.59 Å². The van der Waals surface area contributed by atoms with Gasteiger partial charge in [0.1, 0.15) is 0 Å². The smallest absolute Gasteiger partial charge is 0.322 e. The molecule has 1 aliphatic carbocycles. The summed E-state index contributed by atoms with van der Waals surface area (Å²) < 4.78 is 0. The third-order valence-electron chi connectivity index (χ3n) is 6.28. The number of nitrogens with zero attached hydrogens (tertiary/aromatic N) is 1. The quantitative estimate of drug-likeness (QED) is 0.722. The van der Waals surface area contributed by atoms with Crippen LogP contribution in [0.15, 0.2) is 30.4 Å². The molecule has 28 heavy (non-hydrogen) atoms. The minimum absolute atomic E-state index is 0.0452. The average Bonchev–Trinajstić information content (AvgIpc) is 3.12. The Hall–Kier alpha value is -2.30. The minimum atomic E-state index is -0.0754. The van der Waals surface area contributed by atoms with E-state index in [2.05, 4.69) is 36.6 Å². The summed E-state index contributed by atoms with van der Waals surface area (Å²) in [5.41, 5.74) is 2.51. The van der Waals surface area contributed by atoms with Crippen LogP contribution < -0.4 is 10.6 Å². The Labute approximate surface area is 168 Å². The van der Waals surface area contributed by atoms with E-state index < -0.39 is 0 Å². The number of rotatable bonds is 5. The van der Waals surface area contributed by atoms with Gasteiger partial charge >= 0.3 is 6.03 Å². The van der Waals surface area contributed by atoms with Gasteiger partial charge in [0.2, 0.25) is 0 Å². The predicted molar refractivity (Wildman–Crippen MR) is 114 cm³/mol. The van der Waals surface area contributed by atoms with Gasteiger partial charge in [-0.2, -0.15) is 0 Å². The Balaban J connectivity index is 1.67. The molecule has 1 aromatic carbocycles. The van der Waals surface area contributed by atoms with Crippen molar-refractivity contribution in [3.8, 4) is 0 Å². The van der Waals surface area contributed by atoms with Crippen LogP contribution in [0.1, 0.15) is 62.9 Å². The number of carbonyl (C=O) groups excluding carboxylic acids is 2. The van der Waals surface area contributed by atoms with Crippen molar-refractivity contribution in [3.63, 3.8) is 0 Å². The zero-order valence-electron chi connectivity index (χ0n) is 17.7. The van der Waals surface area contributed by atoms with Crippen LogP contribution in [-0.4, -0.2) is 35.5 Å². The molecule has 2 unspecified atom stereocenters. The zero-order chi connectivity index (χ0) is 20.5. The summed E-state index contributed by atoms with van der Waals surface area (Å²) in [5.74, 6) is 0.348. The molecule has 0 aromatic heterocycles. The summed E-state index contributed by atoms with van der Waals surface area (Å²) in [4.78, 5) is 27.2. The minimum Gasteiger partial charge on any atom is -0.350 e. The number of allylic oxidation sites excluding steroid dienone is 2. The highest BCUT2D eigenvalue weighted by Gasteiger charge is 2.55. The number of amides is 3. The Morgan fingerprint density at radius 1 is 1.21 bits per heavy atom. The normalized spacial score (nSPS) is 20.9. The molecular formula is C23H33N3O2. The highest BCUT2D eigenvalue weighted by Crippen LogP contribution is 2.50. The molecule has 2 aliphatic rings. The maximum Gasteiger partial charge on any atom is 0.322 e. The van der Waals surface area contributed by atoms with Crippen molar-refractivity contribution in [1.29, 1.82) is 0 Å². The molecule has 1 fully saturated rings. The number of carbonyl (C=O) groups is 2. The number of aryl methyl sites for hydroxylation is 1. The molecule has 3 rings (SSSR count). The predicted octanol–water partition coefficient (Wildman–Crippen LogP) is 4.73. The van der Waals surface area contributed by atoms with Crippen LogP contribution in [0.5, 0.6) is 0 Å². The molecule has 1 heterocycles. The number of hydrogen-bond acceptors (Lipinski definition) is 2. The van der Waals surface area contributed by atoms with Crippen molar-refractivity contribution in [3.05, 3.63) is 41.5 Å². The van der Waals surface area contributed by atoms with Crippen LogP contribution in [0.2, 0.25) is 0 Å². The first-order valence-electron chi connectivity index (χ1n) is 10.4. The van der Waals surface area contributed by atoms with E-state index in [4.69, 9.17) is 0 Å². The lowest BCUT2D eigenvalue weighted by molar-refractivity contribution is -0.0538. The Morgan fingerprint density at radius 2 is 1.89 bits per heavy atom. The number of hydrogen-bond donors (Lipinski definition) is 2. The number of likely N-dealkylation sites (tertiary alicyclic amines) is 1. The van der Waals surface area contributed by atoms with E-state index in [0.717, 1.165) is 37.1 Å². The molecule has 3 amide bonds. The van der Waals surface area contributed by atoms with Crippen LogP contribution in [0.25, 0.3) is 0 Å². The Kier molecular flexibility index (Phi) is 5.82. The number of nitrogens with one attached hydrogen (secondary N) is 2. The van der Waals surface area contributed by atoms with Crippen molar-refractivity contribution in [2.24, 2.45) is 11.3 Å². The van der Waals surface area contributed by atoms with Gasteiger partial charge in [-0.25, -0.2) is 4.79 Å². The zero-order valence-corrected chi connectivity index (χ0v) is 17.7. The molecule has 1 saturated heterocycles. The van der Waals surface area contributed by atoms with Crippen molar-refractivity contribution < 1.29 is 9.59 Å². The topological polar surface area (TPSA) is 61.4 Å². The van der Waals surface area contributed by atoms with Gasteiger partial charge in [0.25, 0.3) is 5.91 Å². The third-order valence-corrected chi connectivity index (χ3v) is 6.28. The first kappa shape index (κ1) is 20.4. The molecule has 5 heteroatoms. The molecule has 1 aromatic rings. The van der Waals surface area contributed by atoms with E-state index in [1.807, 2.05) is 37.8 Å². The van der Waals surface area contributed by atoms with Gasteiger partial charge < -0.3 is 15.5 Å². The second kappa shape index (κ2) is 7.98. The highest BCUT2D eigenvalue weighted by molar-refractivity contribution is 5.96. The van der Waals surface area contributed by atoms with E-state index in [1.54, 1.807) is 6.07 Å². The number of benzene rings is 1. The maximum absolute atomic E-state index is 12.9. The van der Waals surface area contributed by atoms with Crippen LogP contribution in [-0.2, 0) is 0 Å². The summed E-state index contributed by atoms with van der Waals surface area (Å²) in [5, 5.41) is 6.03. The van der Waals surface area contributed by atoms with Gasteiger partial charge in [0, 0.05) is 35.3 Å². The Morgan fingerprint density at radius 3 is 2.46 bits per heavy atom. The highest BCUT2D eigenvalue weighted by atomic mass is 16.2. The Bertz CT molecular complexity index is 776. The van der Waals surface area contributed by atoms with Gasteiger partial charge in [-0.15, -0.1) is 0 Å². The number of urea groups is 1. The summed E-state index contributed by atoms with van der Waals surface area (Å²) in [6.07, 6.45) is 7.52. The van der Waals surface area contributed by atoms with Crippen LogP contribution in [0.3, 0.4) is 0 Å². The van der Waals surface area contributed by atoms with Crippen molar-refractivity contribution in [1.82, 2.24) is 10.2 Å². The maximum atomic E-state index is 12.9. The molecule has 152 valence electrons. The fourth-order valence-corrected chi connectivity index (χ4v) is 4.65. The van der Waals surface area contributed by atoms with Crippen molar-refractivity contribution >= 4 is 17.6 Å². The van der Waals surface area contributed by atoms with Crippen LogP contribution in [0.4, 0.5) is 10.5 Å². The van der Waals surface area contributed by atoms with Gasteiger partial charge in [-0.1, -0.05) is 32.9 Å². The van der Waals surface area contributed by atoms with E-state index in [0.29, 0.717) is 11.5 Å². The second-order valence-corrected chi connectivity index (χ2v) is 8.80. The van der Waals surface area contributed by atoms with Crippen LogP contribution >= 0.6 is 0 Å². The van der Waals surface area contributed by atoms with Gasteiger partial charge in [0.05, 0.1) is 0 Å². The lowest BCUT2D eigenvalue weighted by Crippen LogP contribution is -2.68. The fraction of sp³-hybridized carbons (Fsp3) is 0.565. The number of anilines is 1. The first-order valence-corrected chi connectivity index (χ1v) is 10.4. The van der Waals surface area contributed by atoms with Gasteiger partial charge in [0.15, 0.2) is 0 Å². The van der Waals surface area contributed by atoms with E-state index >= 15 is 0 Å². The van der Waals surface area contributed by atoms with Crippen LogP contribution in [0, 0.1) is 18.3 Å². The molecule has 0 bridgehead atoms. The average molecular weight is 384 g/mol. The van der Waals surface area contributed by atoms with Crippen molar-refractivity contribution in [2.75, 3.05) is 11.9 Å². The first-order chi connectivity index (χ1) is 13.3. The summed E-state index contributed by atoms with van der Waals surface area (Å²) in [6, 6.07) is 5.81. The monoisotopic (exact) mass is 383 g/mol. The molecule has 2 N–H and O–H groups in total. The summed E-state index contributed by atoms with van der Waals surface area (Å²) >= 11 is 0. The standard InChI is InChI=1S/C23H33N3O2/c1-6-17(5)24-21(27)18-9-10-19(16(4)13-18)25-22(28)26-14-23(11-7-8-12-23)20(26)15(2)3/h7-10,13,15,17,20H,6,11-12,14H2,1-5H3,(H,24,27)(H,25,28). The lowest BCUT2D eigenvalue weighted by atomic mass is 9.65. The van der Waals surface area contributed by atoms with Gasteiger partial charge in [-0.3, -0.25) is 4.79 Å². The molecule has 0 radical (unpaired) electrons. The molecule has 0 saturated carbocycles. The summed E-state index contributed by atoms with van der Waals surface area (Å²) in [6.45, 7) is 11.2. The fourth-order valence-electron chi connectivity index (χ4n) is 4.65. The second-order valence-electron chi connectivity index (χ2n) is 8.80. The molecular weight excluding hydrogens is 350 g/mol.